The lowest BCUT2D eigenvalue weighted by Crippen LogP contribution is -2.64. The third-order valence-corrected chi connectivity index (χ3v) is 12.4. The van der Waals surface area contributed by atoms with Gasteiger partial charge < -0.3 is 31.1 Å². The van der Waals surface area contributed by atoms with Gasteiger partial charge in [-0.2, -0.15) is 0 Å². The van der Waals surface area contributed by atoms with Crippen LogP contribution in [-0.4, -0.2) is 119 Å². The number of carbonyl (C=O) groups excluding carboxylic acids is 5. The number of hydrogen-bond acceptors (Lipinski definition) is 11. The second kappa shape index (κ2) is 16.0. The van der Waals surface area contributed by atoms with E-state index < -0.39 is 68.7 Å². The maximum absolute atomic E-state index is 14.8. The Morgan fingerprint density at radius 2 is 1.72 bits per heavy atom. The number of Topliss-reactive ketones (excluding diaryl/α,β-unsaturated/α-hetero) is 1. The van der Waals surface area contributed by atoms with E-state index in [2.05, 4.69) is 20.9 Å². The number of amides is 4. The Morgan fingerprint density at radius 3 is 2.30 bits per heavy atom. The van der Waals surface area contributed by atoms with E-state index in [4.69, 9.17) is 10.5 Å². The molecule has 18 heteroatoms. The zero-order chi connectivity index (χ0) is 38.7. The van der Waals surface area contributed by atoms with Crippen molar-refractivity contribution < 1.29 is 42.2 Å². The van der Waals surface area contributed by atoms with Gasteiger partial charge in [0.05, 0.1) is 22.8 Å². The Morgan fingerprint density at radius 1 is 1.08 bits per heavy atom. The summed E-state index contributed by atoms with van der Waals surface area (Å²) >= 11 is 0. The molecule has 17 nitrogen and oxygen atoms in total. The number of sulfonamides is 1. The average molecular weight is 759 g/mol. The van der Waals surface area contributed by atoms with Crippen LogP contribution in [0.4, 0.5) is 0 Å². The molecular formula is C35H50N8O9S. The maximum atomic E-state index is 14.8. The largest absolute Gasteiger partial charge is 0.384 e. The zero-order valence-corrected chi connectivity index (χ0v) is 31.4. The minimum Gasteiger partial charge on any atom is -0.384 e. The summed E-state index contributed by atoms with van der Waals surface area (Å²) in [6.45, 7) is 3.28. The third-order valence-electron chi connectivity index (χ3n) is 10.6. The number of nitrogens with two attached hydrogens (primary N) is 1. The van der Waals surface area contributed by atoms with Crippen LogP contribution < -0.4 is 16.4 Å². The van der Waals surface area contributed by atoms with Crippen molar-refractivity contribution in [3.8, 4) is 0 Å². The number of benzene rings is 1. The van der Waals surface area contributed by atoms with Gasteiger partial charge in [0.1, 0.15) is 23.2 Å². The van der Waals surface area contributed by atoms with Crippen molar-refractivity contribution >= 4 is 39.4 Å². The Bertz CT molecular complexity index is 1790. The van der Waals surface area contributed by atoms with Gasteiger partial charge in [0.15, 0.2) is 0 Å². The Kier molecular flexibility index (Phi) is 12.1. The van der Waals surface area contributed by atoms with E-state index in [-0.39, 0.29) is 55.4 Å². The van der Waals surface area contributed by atoms with Gasteiger partial charge in [-0.25, -0.2) is 17.4 Å². The fraction of sp³-hybridized carbons (Fsp3) is 0.629. The number of likely N-dealkylation sites (tertiary alicyclic amines) is 1. The molecule has 5 N–H and O–H groups in total. The maximum Gasteiger partial charge on any atom is 0.287 e. The molecule has 2 saturated heterocycles. The number of primary amides is 1. The third kappa shape index (κ3) is 8.77. The number of aliphatic hydroxyl groups is 1. The van der Waals surface area contributed by atoms with Crippen molar-refractivity contribution in [1.29, 1.82) is 0 Å². The van der Waals surface area contributed by atoms with Gasteiger partial charge in [0.2, 0.25) is 27.6 Å². The molecule has 3 heterocycles. The lowest BCUT2D eigenvalue weighted by Gasteiger charge is -2.37. The molecule has 0 spiro atoms. The highest BCUT2D eigenvalue weighted by Crippen LogP contribution is 2.34. The molecule has 2 aromatic rings. The fourth-order valence-corrected chi connectivity index (χ4v) is 8.43. The quantitative estimate of drug-likeness (QED) is 0.204. The van der Waals surface area contributed by atoms with Crippen LogP contribution in [0.25, 0.3) is 0 Å². The molecule has 0 bridgehead atoms. The number of carbonyl (C=O) groups is 5. The summed E-state index contributed by atoms with van der Waals surface area (Å²) in [7, 11) is -0.932. The normalized spacial score (nSPS) is 21.6. The standard InChI is InChI=1S/C35H50N8O9S/c1-34(2,49)28-20-37-40-43(28)24-19-27(32(47)39-35(29(44)30(36)45)14-16-52-17-15-35)42(21-24)33(48)26(18-22-8-6-5-7-9-22)38-31(46)23-10-12-25(13-11-23)53(50,51)41(3)4/h10-13,20,22,24,26-27,49H,5-9,14-19,21H2,1-4H3,(H2,36,45)(H,38,46)(H,39,47)/t24-,26+,27-/m0/s1. The Balaban J connectivity index is 1.48. The summed E-state index contributed by atoms with van der Waals surface area (Å²) in [6.07, 6.45) is 6.47. The Labute approximate surface area is 309 Å². The van der Waals surface area contributed by atoms with Crippen molar-refractivity contribution in [1.82, 2.24) is 34.8 Å². The summed E-state index contributed by atoms with van der Waals surface area (Å²) in [5.41, 5.74) is 2.91. The molecule has 290 valence electrons. The van der Waals surface area contributed by atoms with Gasteiger partial charge >= 0.3 is 0 Å². The number of nitrogens with zero attached hydrogens (tertiary/aromatic N) is 5. The minimum atomic E-state index is -3.74. The zero-order valence-electron chi connectivity index (χ0n) is 30.6. The first-order valence-corrected chi connectivity index (χ1v) is 19.4. The number of aromatic nitrogens is 3. The number of nitrogens with one attached hydrogen (secondary N) is 2. The first-order valence-electron chi connectivity index (χ1n) is 18.0. The molecule has 4 amide bonds. The summed E-state index contributed by atoms with van der Waals surface area (Å²) in [6, 6.07) is 2.53. The highest BCUT2D eigenvalue weighted by Gasteiger charge is 2.49. The van der Waals surface area contributed by atoms with Crippen LogP contribution in [0.3, 0.4) is 0 Å². The highest BCUT2D eigenvalue weighted by molar-refractivity contribution is 7.89. The second-order valence-corrected chi connectivity index (χ2v) is 17.1. The second-order valence-electron chi connectivity index (χ2n) is 15.0. The van der Waals surface area contributed by atoms with Crippen LogP contribution in [0.1, 0.15) is 93.7 Å². The molecule has 53 heavy (non-hydrogen) atoms. The topological polar surface area (TPSA) is 236 Å². The molecule has 2 aliphatic heterocycles. The summed E-state index contributed by atoms with van der Waals surface area (Å²) in [4.78, 5) is 69.4. The SMILES string of the molecule is CN(C)S(=O)(=O)c1ccc(C(=O)N[C@H](CC2CCCCC2)C(=O)N2C[C@@H](n3nncc3C(C)(C)O)C[C@H]2C(=O)NC2(C(=O)C(N)=O)CCOCC2)cc1. The van der Waals surface area contributed by atoms with E-state index in [9.17, 15) is 37.5 Å². The molecule has 0 unspecified atom stereocenters. The smallest absolute Gasteiger partial charge is 0.287 e. The van der Waals surface area contributed by atoms with Crippen LogP contribution in [0.15, 0.2) is 35.4 Å². The molecule has 1 aliphatic carbocycles. The van der Waals surface area contributed by atoms with Gasteiger partial charge in [0.25, 0.3) is 11.8 Å². The number of ketones is 1. The van der Waals surface area contributed by atoms with E-state index in [1.165, 1.54) is 54.1 Å². The van der Waals surface area contributed by atoms with E-state index in [0.29, 0.717) is 12.1 Å². The molecule has 1 saturated carbocycles. The van der Waals surface area contributed by atoms with Gasteiger partial charge in [-0.05, 0) is 50.5 Å². The van der Waals surface area contributed by atoms with E-state index in [0.717, 1.165) is 36.4 Å². The van der Waals surface area contributed by atoms with Gasteiger partial charge in [-0.15, -0.1) is 5.10 Å². The van der Waals surface area contributed by atoms with Crippen molar-refractivity contribution in [2.45, 2.75) is 106 Å². The Hall–Kier alpha value is -4.26. The number of rotatable bonds is 13. The van der Waals surface area contributed by atoms with Crippen LogP contribution >= 0.6 is 0 Å². The van der Waals surface area contributed by atoms with Crippen molar-refractivity contribution in [2.75, 3.05) is 33.9 Å². The lowest BCUT2D eigenvalue weighted by atomic mass is 9.84. The predicted molar refractivity (Wildman–Crippen MR) is 189 cm³/mol. The molecule has 0 radical (unpaired) electrons. The van der Waals surface area contributed by atoms with E-state index >= 15 is 0 Å². The monoisotopic (exact) mass is 758 g/mol. The summed E-state index contributed by atoms with van der Waals surface area (Å²) < 4.78 is 33.2. The molecule has 3 fully saturated rings. The molecule has 1 aromatic carbocycles. The van der Waals surface area contributed by atoms with Gasteiger partial charge in [-0.3, -0.25) is 24.0 Å². The summed E-state index contributed by atoms with van der Waals surface area (Å²) in [5, 5.41) is 24.7. The average Bonchev–Trinajstić information content (AvgIpc) is 3.80. The van der Waals surface area contributed by atoms with Crippen LogP contribution in [0.5, 0.6) is 0 Å². The van der Waals surface area contributed by atoms with Gasteiger partial charge in [0, 0.05) is 58.7 Å². The first-order chi connectivity index (χ1) is 24.9. The van der Waals surface area contributed by atoms with Crippen molar-refractivity contribution in [2.24, 2.45) is 11.7 Å². The van der Waals surface area contributed by atoms with Crippen LogP contribution in [0, 0.1) is 5.92 Å². The van der Waals surface area contributed by atoms with Crippen LogP contribution in [0.2, 0.25) is 0 Å². The first kappa shape index (κ1) is 39.9. The highest BCUT2D eigenvalue weighted by atomic mass is 32.2. The van der Waals surface area contributed by atoms with E-state index in [1.54, 1.807) is 13.8 Å². The van der Waals surface area contributed by atoms with Crippen molar-refractivity contribution in [3.05, 3.63) is 41.7 Å². The van der Waals surface area contributed by atoms with E-state index in [1.807, 2.05) is 0 Å². The number of hydrogen-bond donors (Lipinski definition) is 4. The lowest BCUT2D eigenvalue weighted by molar-refractivity contribution is -0.147. The predicted octanol–water partition coefficient (Wildman–Crippen LogP) is 0.387. The molecular weight excluding hydrogens is 708 g/mol. The molecule has 5 rings (SSSR count). The molecule has 3 aliphatic rings. The summed E-state index contributed by atoms with van der Waals surface area (Å²) in [5.74, 6) is -3.88. The molecule has 3 atom stereocenters. The van der Waals surface area contributed by atoms with Gasteiger partial charge in [-0.1, -0.05) is 37.3 Å². The van der Waals surface area contributed by atoms with Crippen molar-refractivity contribution in [3.63, 3.8) is 0 Å². The minimum absolute atomic E-state index is 0.00139. The van der Waals surface area contributed by atoms with Crippen LogP contribution in [-0.2, 0) is 39.5 Å². The fourth-order valence-electron chi connectivity index (χ4n) is 7.53. The molecule has 1 aromatic heterocycles. The number of ether oxygens (including phenoxy) is 1.